The van der Waals surface area contributed by atoms with Gasteiger partial charge < -0.3 is 15.4 Å². The molecule has 0 bridgehead atoms. The molecule has 1 saturated heterocycles. The summed E-state index contributed by atoms with van der Waals surface area (Å²) in [6.07, 6.45) is 2.18. The highest BCUT2D eigenvalue weighted by atomic mass is 16.5. The van der Waals surface area contributed by atoms with E-state index in [0.717, 1.165) is 26.1 Å². The standard InChI is InChI=1S/C11H22N2O2/c1-8(10-4-6-15-7-5-10)13-9(2)11(14)12-3/h8-10,13H,4-7H2,1-3H3,(H,12,14)/t8?,9-/m1/s1. The Morgan fingerprint density at radius 2 is 1.93 bits per heavy atom. The summed E-state index contributed by atoms with van der Waals surface area (Å²) in [5, 5.41) is 5.98. The van der Waals surface area contributed by atoms with E-state index in [4.69, 9.17) is 4.74 Å². The quantitative estimate of drug-likeness (QED) is 0.717. The highest BCUT2D eigenvalue weighted by Gasteiger charge is 2.23. The summed E-state index contributed by atoms with van der Waals surface area (Å²) < 4.78 is 5.32. The molecule has 88 valence electrons. The first-order valence-electron chi connectivity index (χ1n) is 5.70. The highest BCUT2D eigenvalue weighted by molar-refractivity contribution is 5.80. The number of ether oxygens (including phenoxy) is 1. The Hall–Kier alpha value is -0.610. The smallest absolute Gasteiger partial charge is 0.236 e. The van der Waals surface area contributed by atoms with Crippen LogP contribution in [0, 0.1) is 5.92 Å². The lowest BCUT2D eigenvalue weighted by Crippen LogP contribution is -2.48. The molecule has 1 aliphatic heterocycles. The molecule has 15 heavy (non-hydrogen) atoms. The maximum atomic E-state index is 11.3. The van der Waals surface area contributed by atoms with E-state index >= 15 is 0 Å². The molecule has 1 aliphatic rings. The van der Waals surface area contributed by atoms with Gasteiger partial charge in [-0.3, -0.25) is 4.79 Å². The summed E-state index contributed by atoms with van der Waals surface area (Å²) in [6.45, 7) is 5.75. The first-order valence-corrected chi connectivity index (χ1v) is 5.70. The summed E-state index contributed by atoms with van der Waals surface area (Å²) in [4.78, 5) is 11.3. The first kappa shape index (κ1) is 12.5. The second-order valence-corrected chi connectivity index (χ2v) is 4.24. The molecule has 1 heterocycles. The van der Waals surface area contributed by atoms with Gasteiger partial charge in [0.2, 0.25) is 5.91 Å². The summed E-state index contributed by atoms with van der Waals surface area (Å²) in [5.41, 5.74) is 0. The van der Waals surface area contributed by atoms with E-state index < -0.39 is 0 Å². The second-order valence-electron chi connectivity index (χ2n) is 4.24. The average molecular weight is 214 g/mol. The van der Waals surface area contributed by atoms with Gasteiger partial charge in [0, 0.05) is 26.3 Å². The van der Waals surface area contributed by atoms with E-state index in [1.165, 1.54) is 0 Å². The fourth-order valence-electron chi connectivity index (χ4n) is 2.04. The van der Waals surface area contributed by atoms with Gasteiger partial charge in [-0.25, -0.2) is 0 Å². The molecule has 1 unspecified atom stereocenters. The summed E-state index contributed by atoms with van der Waals surface area (Å²) in [5.74, 6) is 0.680. The molecule has 0 aromatic rings. The van der Waals surface area contributed by atoms with Crippen molar-refractivity contribution in [3.05, 3.63) is 0 Å². The Kier molecular flexibility index (Phi) is 5.05. The number of carbonyl (C=O) groups excluding carboxylic acids is 1. The van der Waals surface area contributed by atoms with Crippen molar-refractivity contribution in [2.75, 3.05) is 20.3 Å². The number of hydrogen-bond donors (Lipinski definition) is 2. The fraction of sp³-hybridized carbons (Fsp3) is 0.909. The normalized spacial score (nSPS) is 22.1. The zero-order chi connectivity index (χ0) is 11.3. The lowest BCUT2D eigenvalue weighted by atomic mass is 9.92. The SMILES string of the molecule is CNC(=O)[C@@H](C)NC(C)C1CCOCC1. The van der Waals surface area contributed by atoms with Crippen LogP contribution in [0.25, 0.3) is 0 Å². The predicted molar refractivity (Wildman–Crippen MR) is 59.7 cm³/mol. The van der Waals surface area contributed by atoms with Crippen LogP contribution in [0.15, 0.2) is 0 Å². The van der Waals surface area contributed by atoms with Gasteiger partial charge in [-0.05, 0) is 32.6 Å². The topological polar surface area (TPSA) is 50.4 Å². The van der Waals surface area contributed by atoms with Crippen LogP contribution < -0.4 is 10.6 Å². The van der Waals surface area contributed by atoms with Gasteiger partial charge in [0.05, 0.1) is 6.04 Å². The number of carbonyl (C=O) groups is 1. The number of amides is 1. The number of rotatable bonds is 4. The van der Waals surface area contributed by atoms with E-state index in [-0.39, 0.29) is 11.9 Å². The molecule has 1 amide bonds. The minimum Gasteiger partial charge on any atom is -0.381 e. The Bertz CT molecular complexity index is 203. The molecule has 0 aromatic heterocycles. The van der Waals surface area contributed by atoms with E-state index in [2.05, 4.69) is 17.6 Å². The zero-order valence-electron chi connectivity index (χ0n) is 9.88. The minimum atomic E-state index is -0.118. The van der Waals surface area contributed by atoms with Gasteiger partial charge in [-0.1, -0.05) is 0 Å². The van der Waals surface area contributed by atoms with Gasteiger partial charge in [0.1, 0.15) is 0 Å². The van der Waals surface area contributed by atoms with Crippen molar-refractivity contribution in [2.45, 2.75) is 38.8 Å². The zero-order valence-corrected chi connectivity index (χ0v) is 9.88. The van der Waals surface area contributed by atoms with Crippen LogP contribution in [0.2, 0.25) is 0 Å². The van der Waals surface area contributed by atoms with Gasteiger partial charge in [-0.15, -0.1) is 0 Å². The lowest BCUT2D eigenvalue weighted by Gasteiger charge is -2.30. The minimum absolute atomic E-state index is 0.0499. The van der Waals surface area contributed by atoms with Crippen LogP contribution in [0.4, 0.5) is 0 Å². The molecule has 0 saturated carbocycles. The third-order valence-corrected chi connectivity index (χ3v) is 3.13. The third-order valence-electron chi connectivity index (χ3n) is 3.13. The van der Waals surface area contributed by atoms with Gasteiger partial charge in [0.15, 0.2) is 0 Å². The number of likely N-dealkylation sites (N-methyl/N-ethyl adjacent to an activating group) is 1. The lowest BCUT2D eigenvalue weighted by molar-refractivity contribution is -0.122. The molecule has 0 aliphatic carbocycles. The van der Waals surface area contributed by atoms with Crippen molar-refractivity contribution in [3.8, 4) is 0 Å². The van der Waals surface area contributed by atoms with Crippen LogP contribution in [0.5, 0.6) is 0 Å². The molecule has 4 heteroatoms. The Labute approximate surface area is 91.8 Å². The Morgan fingerprint density at radius 3 is 2.47 bits per heavy atom. The van der Waals surface area contributed by atoms with Crippen molar-refractivity contribution in [1.82, 2.24) is 10.6 Å². The molecule has 2 N–H and O–H groups in total. The maximum Gasteiger partial charge on any atom is 0.236 e. The molecule has 0 aromatic carbocycles. The van der Waals surface area contributed by atoms with Crippen molar-refractivity contribution in [1.29, 1.82) is 0 Å². The molecule has 1 fully saturated rings. The largest absolute Gasteiger partial charge is 0.381 e. The van der Waals surface area contributed by atoms with Gasteiger partial charge >= 0.3 is 0 Å². The molecule has 4 nitrogen and oxygen atoms in total. The van der Waals surface area contributed by atoms with Crippen LogP contribution in [0.1, 0.15) is 26.7 Å². The Morgan fingerprint density at radius 1 is 1.33 bits per heavy atom. The molecule has 2 atom stereocenters. The molecular formula is C11H22N2O2. The van der Waals surface area contributed by atoms with Gasteiger partial charge in [-0.2, -0.15) is 0 Å². The predicted octanol–water partition coefficient (Wildman–Crippen LogP) is 0.526. The summed E-state index contributed by atoms with van der Waals surface area (Å²) >= 11 is 0. The molecular weight excluding hydrogens is 192 g/mol. The molecule has 0 spiro atoms. The van der Waals surface area contributed by atoms with Crippen molar-refractivity contribution < 1.29 is 9.53 Å². The van der Waals surface area contributed by atoms with E-state index in [0.29, 0.717) is 12.0 Å². The average Bonchev–Trinajstić information content (AvgIpc) is 2.29. The molecule has 1 rings (SSSR count). The van der Waals surface area contributed by atoms with E-state index in [1.54, 1.807) is 7.05 Å². The Balaban J connectivity index is 2.33. The molecule has 0 radical (unpaired) electrons. The highest BCUT2D eigenvalue weighted by Crippen LogP contribution is 2.18. The summed E-state index contributed by atoms with van der Waals surface area (Å²) in [6, 6.07) is 0.258. The fourth-order valence-corrected chi connectivity index (χ4v) is 2.04. The van der Waals surface area contributed by atoms with Gasteiger partial charge in [0.25, 0.3) is 0 Å². The third kappa shape index (κ3) is 3.80. The van der Waals surface area contributed by atoms with Crippen LogP contribution >= 0.6 is 0 Å². The maximum absolute atomic E-state index is 11.3. The van der Waals surface area contributed by atoms with E-state index in [1.807, 2.05) is 6.92 Å². The monoisotopic (exact) mass is 214 g/mol. The van der Waals surface area contributed by atoms with Crippen LogP contribution in [0.3, 0.4) is 0 Å². The van der Waals surface area contributed by atoms with Crippen LogP contribution in [-0.2, 0) is 9.53 Å². The van der Waals surface area contributed by atoms with Crippen molar-refractivity contribution in [2.24, 2.45) is 5.92 Å². The first-order chi connectivity index (χ1) is 7.15. The number of hydrogen-bond acceptors (Lipinski definition) is 3. The van der Waals surface area contributed by atoms with Crippen molar-refractivity contribution in [3.63, 3.8) is 0 Å². The van der Waals surface area contributed by atoms with Crippen molar-refractivity contribution >= 4 is 5.91 Å². The van der Waals surface area contributed by atoms with E-state index in [9.17, 15) is 4.79 Å². The number of nitrogens with one attached hydrogen (secondary N) is 2. The summed E-state index contributed by atoms with van der Waals surface area (Å²) in [7, 11) is 1.67. The van der Waals surface area contributed by atoms with Crippen LogP contribution in [-0.4, -0.2) is 38.3 Å². The second kappa shape index (κ2) is 6.08.